The highest BCUT2D eigenvalue weighted by Gasteiger charge is 2.42. The molecule has 0 aliphatic carbocycles. The fourth-order valence-electron chi connectivity index (χ4n) is 0.333. The molecule has 0 unspecified atom stereocenters. The summed E-state index contributed by atoms with van der Waals surface area (Å²) in [7, 11) is 0.776. The van der Waals surface area contributed by atoms with Crippen LogP contribution in [0.15, 0.2) is 0 Å². The molecular weight excluding hydrogens is 163 g/mol. The van der Waals surface area contributed by atoms with Gasteiger partial charge in [0.25, 0.3) is 0 Å². The van der Waals surface area contributed by atoms with Crippen molar-refractivity contribution in [2.45, 2.75) is 13.1 Å². The Morgan fingerprint density at radius 3 is 1.73 bits per heavy atom. The maximum Gasteiger partial charge on any atom is 0.471 e. The summed E-state index contributed by atoms with van der Waals surface area (Å²) in [5.41, 5.74) is 0. The molecule has 0 spiro atoms. The second-order valence-electron chi connectivity index (χ2n) is 1.88. The molecule has 0 N–H and O–H groups in total. The summed E-state index contributed by atoms with van der Waals surface area (Å²) in [4.78, 5) is 20.4. The third-order valence-electron chi connectivity index (χ3n) is 1.02. The first-order valence-electron chi connectivity index (χ1n) is 2.62. The molecule has 0 radical (unpaired) electrons. The van der Waals surface area contributed by atoms with E-state index in [1.165, 1.54) is 0 Å². The quantitative estimate of drug-likeness (QED) is 0.531. The van der Waals surface area contributed by atoms with Crippen molar-refractivity contribution in [1.29, 1.82) is 0 Å². The van der Waals surface area contributed by atoms with Crippen LogP contribution in [0.4, 0.5) is 13.2 Å². The molecule has 2 amide bonds. The fraction of sp³-hybridized carbons (Fsp3) is 0.600. The molecule has 0 saturated heterocycles. The zero-order valence-electron chi connectivity index (χ0n) is 5.90. The molecular formula is C5H6F3NO2. The number of hydrogen-bond acceptors (Lipinski definition) is 2. The molecule has 0 fully saturated rings. The molecule has 11 heavy (non-hydrogen) atoms. The summed E-state index contributed by atoms with van der Waals surface area (Å²) in [5.74, 6) is -3.09. The van der Waals surface area contributed by atoms with Gasteiger partial charge in [0, 0.05) is 14.0 Å². The van der Waals surface area contributed by atoms with Crippen LogP contribution in [0, 0.1) is 0 Å². The number of rotatable bonds is 0. The smallest absolute Gasteiger partial charge is 0.278 e. The molecule has 0 aromatic heterocycles. The molecule has 0 aliphatic heterocycles. The summed E-state index contributed by atoms with van der Waals surface area (Å²) in [6.45, 7) is 0.879. The lowest BCUT2D eigenvalue weighted by molar-refractivity contribution is -0.185. The standard InChI is InChI=1S/C5H6F3NO2/c1-3(10)9(2)4(11)5(6,7)8/h1-2H3. The molecule has 0 aromatic rings. The first kappa shape index (κ1) is 9.93. The zero-order valence-corrected chi connectivity index (χ0v) is 5.90. The lowest BCUT2D eigenvalue weighted by atomic mass is 10.5. The molecule has 64 valence electrons. The Kier molecular flexibility index (Phi) is 2.61. The van der Waals surface area contributed by atoms with Crippen molar-refractivity contribution in [3.63, 3.8) is 0 Å². The van der Waals surface area contributed by atoms with Gasteiger partial charge in [0.15, 0.2) is 0 Å². The average Bonchev–Trinajstić information content (AvgIpc) is 1.82. The molecule has 0 saturated carbocycles. The number of nitrogens with zero attached hydrogens (tertiary/aromatic N) is 1. The van der Waals surface area contributed by atoms with Crippen LogP contribution in [0.3, 0.4) is 0 Å². The minimum atomic E-state index is -4.97. The van der Waals surface area contributed by atoms with E-state index in [-0.39, 0.29) is 4.90 Å². The van der Waals surface area contributed by atoms with E-state index in [4.69, 9.17) is 0 Å². The van der Waals surface area contributed by atoms with Crippen LogP contribution in [0.1, 0.15) is 6.92 Å². The minimum absolute atomic E-state index is 0.0139. The van der Waals surface area contributed by atoms with E-state index in [0.29, 0.717) is 0 Å². The van der Waals surface area contributed by atoms with Crippen LogP contribution >= 0.6 is 0 Å². The number of amides is 2. The normalized spacial score (nSPS) is 11.0. The molecule has 0 aliphatic rings. The van der Waals surface area contributed by atoms with Gasteiger partial charge in [-0.2, -0.15) is 13.2 Å². The fourth-order valence-corrected chi connectivity index (χ4v) is 0.333. The van der Waals surface area contributed by atoms with Gasteiger partial charge < -0.3 is 0 Å². The minimum Gasteiger partial charge on any atom is -0.278 e. The molecule has 0 atom stereocenters. The second kappa shape index (κ2) is 2.89. The summed E-state index contributed by atoms with van der Waals surface area (Å²) in [6.07, 6.45) is -4.97. The Morgan fingerprint density at radius 1 is 1.27 bits per heavy atom. The molecule has 0 rings (SSSR count). The summed E-state index contributed by atoms with van der Waals surface area (Å²) >= 11 is 0. The van der Waals surface area contributed by atoms with Crippen molar-refractivity contribution >= 4 is 11.8 Å². The average molecular weight is 169 g/mol. The number of alkyl halides is 3. The maximum absolute atomic E-state index is 11.5. The highest BCUT2D eigenvalue weighted by Crippen LogP contribution is 2.17. The van der Waals surface area contributed by atoms with Gasteiger partial charge in [0.1, 0.15) is 0 Å². The van der Waals surface area contributed by atoms with E-state index in [2.05, 4.69) is 0 Å². The highest BCUT2D eigenvalue weighted by molar-refractivity contribution is 5.96. The Morgan fingerprint density at radius 2 is 1.64 bits per heavy atom. The van der Waals surface area contributed by atoms with Crippen molar-refractivity contribution in [2.24, 2.45) is 0 Å². The molecule has 0 aromatic carbocycles. The van der Waals surface area contributed by atoms with E-state index in [1.54, 1.807) is 0 Å². The first-order valence-corrected chi connectivity index (χ1v) is 2.62. The molecule has 0 bridgehead atoms. The SMILES string of the molecule is CC(=O)N(C)C(=O)C(F)(F)F. The lowest BCUT2D eigenvalue weighted by Gasteiger charge is -2.13. The Hall–Kier alpha value is -1.07. The van der Waals surface area contributed by atoms with Crippen LogP contribution in [-0.4, -0.2) is 29.9 Å². The van der Waals surface area contributed by atoms with Crippen LogP contribution in [0.25, 0.3) is 0 Å². The van der Waals surface area contributed by atoms with Gasteiger partial charge in [-0.3, -0.25) is 14.5 Å². The topological polar surface area (TPSA) is 37.4 Å². The van der Waals surface area contributed by atoms with Gasteiger partial charge in [0.2, 0.25) is 5.91 Å². The first-order chi connectivity index (χ1) is 4.76. The van der Waals surface area contributed by atoms with E-state index in [1.807, 2.05) is 0 Å². The second-order valence-corrected chi connectivity index (χ2v) is 1.88. The van der Waals surface area contributed by atoms with Crippen molar-refractivity contribution in [2.75, 3.05) is 7.05 Å². The summed E-state index contributed by atoms with van der Waals surface area (Å²) in [5, 5.41) is 0. The summed E-state index contributed by atoms with van der Waals surface area (Å²) < 4.78 is 34.5. The Balaban J connectivity index is 4.39. The van der Waals surface area contributed by atoms with Gasteiger partial charge in [-0.05, 0) is 0 Å². The molecule has 6 heteroatoms. The van der Waals surface area contributed by atoms with Crippen molar-refractivity contribution in [3.8, 4) is 0 Å². The van der Waals surface area contributed by atoms with Crippen LogP contribution in [0.2, 0.25) is 0 Å². The van der Waals surface area contributed by atoms with Gasteiger partial charge in [-0.1, -0.05) is 0 Å². The Labute approximate surface area is 60.8 Å². The van der Waals surface area contributed by atoms with Crippen molar-refractivity contribution in [1.82, 2.24) is 4.90 Å². The Bertz CT molecular complexity index is 187. The van der Waals surface area contributed by atoms with Crippen LogP contribution in [0.5, 0.6) is 0 Å². The number of carbonyl (C=O) groups excluding carboxylic acids is 2. The van der Waals surface area contributed by atoms with Crippen molar-refractivity contribution < 1.29 is 22.8 Å². The van der Waals surface area contributed by atoms with Crippen molar-refractivity contribution in [3.05, 3.63) is 0 Å². The molecule has 0 heterocycles. The number of carbonyl (C=O) groups is 2. The van der Waals surface area contributed by atoms with Gasteiger partial charge >= 0.3 is 12.1 Å². The largest absolute Gasteiger partial charge is 0.471 e. The predicted octanol–water partition coefficient (Wildman–Crippen LogP) is 0.554. The summed E-state index contributed by atoms with van der Waals surface area (Å²) in [6, 6.07) is 0. The van der Waals surface area contributed by atoms with E-state index >= 15 is 0 Å². The highest BCUT2D eigenvalue weighted by atomic mass is 19.4. The van der Waals surface area contributed by atoms with E-state index in [9.17, 15) is 22.8 Å². The number of imide groups is 1. The number of halogens is 3. The van der Waals surface area contributed by atoms with Crippen LogP contribution < -0.4 is 0 Å². The monoisotopic (exact) mass is 169 g/mol. The van der Waals surface area contributed by atoms with E-state index in [0.717, 1.165) is 14.0 Å². The zero-order chi connectivity index (χ0) is 9.23. The predicted molar refractivity (Wildman–Crippen MR) is 29.5 cm³/mol. The molecule has 3 nitrogen and oxygen atoms in total. The van der Waals surface area contributed by atoms with E-state index < -0.39 is 18.0 Å². The lowest BCUT2D eigenvalue weighted by Crippen LogP contribution is -2.40. The van der Waals surface area contributed by atoms with Gasteiger partial charge in [-0.15, -0.1) is 0 Å². The van der Waals surface area contributed by atoms with Gasteiger partial charge in [0.05, 0.1) is 0 Å². The van der Waals surface area contributed by atoms with Crippen LogP contribution in [-0.2, 0) is 9.59 Å². The maximum atomic E-state index is 11.5. The third kappa shape index (κ3) is 2.57. The number of hydrogen-bond donors (Lipinski definition) is 0. The van der Waals surface area contributed by atoms with Gasteiger partial charge in [-0.25, -0.2) is 0 Å². The third-order valence-corrected chi connectivity index (χ3v) is 1.02.